The molecule has 10 aromatic rings. The molecule has 1 heterocycles. The van der Waals surface area contributed by atoms with E-state index < -0.39 is 0 Å². The molecule has 10 aromatic carbocycles. The highest BCUT2D eigenvalue weighted by molar-refractivity contribution is 6.29. The second kappa shape index (κ2) is 14.2. The Kier molecular flexibility index (Phi) is 8.61. The van der Waals surface area contributed by atoms with Crippen LogP contribution in [0.1, 0.15) is 48.6 Å². The molecule has 61 heavy (non-hydrogen) atoms. The van der Waals surface area contributed by atoms with Gasteiger partial charge in [-0.25, -0.2) is 0 Å². The molecule has 0 radical (unpaired) electrons. The minimum Gasteiger partial charge on any atom is -0.309 e. The Morgan fingerprint density at radius 1 is 0.393 bits per heavy atom. The zero-order valence-corrected chi connectivity index (χ0v) is 35.5. The van der Waals surface area contributed by atoms with Gasteiger partial charge in [0.25, 0.3) is 0 Å². The van der Waals surface area contributed by atoms with E-state index in [0.717, 1.165) is 29.2 Å². The molecule has 2 bridgehead atoms. The molecule has 0 saturated heterocycles. The first kappa shape index (κ1) is 36.9. The molecule has 11 rings (SSSR count). The summed E-state index contributed by atoms with van der Waals surface area (Å²) in [7, 11) is 0. The fourth-order valence-electron chi connectivity index (χ4n) is 9.83. The summed E-state index contributed by atoms with van der Waals surface area (Å²) in [6.07, 6.45) is 0.746. The summed E-state index contributed by atoms with van der Waals surface area (Å²) in [6.45, 7) is 11.4. The van der Waals surface area contributed by atoms with Crippen molar-refractivity contribution in [3.8, 4) is 22.3 Å². The third-order valence-corrected chi connectivity index (χ3v) is 13.0. The highest BCUT2D eigenvalue weighted by atomic mass is 15.2. The molecule has 0 saturated carbocycles. The maximum absolute atomic E-state index is 2.54. The normalized spacial score (nSPS) is 12.9. The van der Waals surface area contributed by atoms with Crippen molar-refractivity contribution < 1.29 is 0 Å². The van der Waals surface area contributed by atoms with Crippen molar-refractivity contribution in [1.29, 1.82) is 0 Å². The van der Waals surface area contributed by atoms with Gasteiger partial charge >= 0.3 is 0 Å². The molecule has 1 aliphatic heterocycles. The summed E-state index contributed by atoms with van der Waals surface area (Å²) >= 11 is 0. The molecule has 0 spiro atoms. The van der Waals surface area contributed by atoms with Crippen LogP contribution in [0, 0.1) is 13.8 Å². The summed E-state index contributed by atoms with van der Waals surface area (Å²) in [4.78, 5) is 5.09. The molecule has 0 aliphatic carbocycles. The van der Waals surface area contributed by atoms with Gasteiger partial charge in [0, 0.05) is 34.0 Å². The van der Waals surface area contributed by atoms with Crippen molar-refractivity contribution in [3.05, 3.63) is 216 Å². The summed E-state index contributed by atoms with van der Waals surface area (Å²) in [5, 5.41) is 7.62. The van der Waals surface area contributed by atoms with Crippen LogP contribution in [0.5, 0.6) is 0 Å². The maximum Gasteiger partial charge on any atom is 0.0561 e. The van der Waals surface area contributed by atoms with Crippen molar-refractivity contribution in [3.63, 3.8) is 0 Å². The van der Waals surface area contributed by atoms with Gasteiger partial charge in [-0.1, -0.05) is 166 Å². The topological polar surface area (TPSA) is 6.48 Å². The Labute approximate surface area is 359 Å². The van der Waals surface area contributed by atoms with Gasteiger partial charge < -0.3 is 9.80 Å². The van der Waals surface area contributed by atoms with E-state index in [1.54, 1.807) is 0 Å². The lowest BCUT2D eigenvalue weighted by Crippen LogP contribution is -2.18. The minimum atomic E-state index is 0.0169. The number of anilines is 6. The lowest BCUT2D eigenvalue weighted by molar-refractivity contribution is 0.591. The highest BCUT2D eigenvalue weighted by Crippen LogP contribution is 2.53. The Hall–Kier alpha value is -7.16. The monoisotopic (exact) mass is 784 g/mol. The zero-order chi connectivity index (χ0) is 41.4. The van der Waals surface area contributed by atoms with Crippen molar-refractivity contribution >= 4 is 66.4 Å². The first-order valence-corrected chi connectivity index (χ1v) is 21.6. The van der Waals surface area contributed by atoms with Gasteiger partial charge in [0.15, 0.2) is 0 Å². The largest absolute Gasteiger partial charge is 0.309 e. The molecule has 0 fully saturated rings. The first-order valence-electron chi connectivity index (χ1n) is 21.6. The lowest BCUT2D eigenvalue weighted by Gasteiger charge is -2.36. The van der Waals surface area contributed by atoms with Crippen LogP contribution in [0.4, 0.5) is 34.1 Å². The number of aryl methyl sites for hydroxylation is 2. The van der Waals surface area contributed by atoms with Gasteiger partial charge in [-0.2, -0.15) is 0 Å². The molecular weight excluding hydrogens is 737 g/mol. The average Bonchev–Trinajstić information content (AvgIpc) is 3.28. The number of hydrogen-bond donors (Lipinski definition) is 0. The average molecular weight is 785 g/mol. The van der Waals surface area contributed by atoms with E-state index in [1.165, 1.54) is 93.8 Å². The predicted octanol–water partition coefficient (Wildman–Crippen LogP) is 16.7. The van der Waals surface area contributed by atoms with E-state index >= 15 is 0 Å². The van der Waals surface area contributed by atoms with Crippen LogP contribution in [0.15, 0.2) is 188 Å². The molecule has 0 amide bonds. The standard InChI is InChI=1S/C59H48N2/c1-38-16-12-14-22-49(38)40-24-26-42-32-43-27-25-41(50-23-15-13-17-39(50)2)36-54(43)61(48-20-10-7-11-21-48)56-37-55(60(53(42)35-40)47-18-8-6-9-19-47)51-30-28-44-33-46(59(3,4)5)34-45-29-31-52(56)58(51)57(44)45/h6-31,33-37H,32H2,1-5H3. The molecule has 294 valence electrons. The smallest absolute Gasteiger partial charge is 0.0561 e. The molecule has 2 nitrogen and oxygen atoms in total. The van der Waals surface area contributed by atoms with E-state index in [4.69, 9.17) is 0 Å². The van der Waals surface area contributed by atoms with E-state index in [2.05, 4.69) is 232 Å². The van der Waals surface area contributed by atoms with Crippen LogP contribution >= 0.6 is 0 Å². The van der Waals surface area contributed by atoms with E-state index in [1.807, 2.05) is 0 Å². The molecule has 0 N–H and O–H groups in total. The summed E-state index contributed by atoms with van der Waals surface area (Å²) in [5.41, 5.74) is 18.3. The highest BCUT2D eigenvalue weighted by Gasteiger charge is 2.29. The molecule has 2 heteroatoms. The van der Waals surface area contributed by atoms with E-state index in [-0.39, 0.29) is 5.41 Å². The third-order valence-electron chi connectivity index (χ3n) is 13.0. The van der Waals surface area contributed by atoms with Gasteiger partial charge in [0.05, 0.1) is 22.7 Å². The van der Waals surface area contributed by atoms with Gasteiger partial charge in [0.2, 0.25) is 0 Å². The quantitative estimate of drug-likeness (QED) is 0.164. The Morgan fingerprint density at radius 2 is 0.836 bits per heavy atom. The van der Waals surface area contributed by atoms with Crippen molar-refractivity contribution in [2.75, 3.05) is 9.80 Å². The Balaban J connectivity index is 1.32. The number of benzene rings is 10. The number of hydrogen-bond acceptors (Lipinski definition) is 2. The number of nitrogens with zero attached hydrogens (tertiary/aromatic N) is 2. The van der Waals surface area contributed by atoms with Crippen LogP contribution in [-0.2, 0) is 11.8 Å². The van der Waals surface area contributed by atoms with Crippen LogP contribution in [0.2, 0.25) is 0 Å². The number of para-hydroxylation sites is 2. The van der Waals surface area contributed by atoms with Gasteiger partial charge in [-0.3, -0.25) is 0 Å². The minimum absolute atomic E-state index is 0.0169. The second-order valence-electron chi connectivity index (χ2n) is 17.9. The SMILES string of the molecule is Cc1ccccc1-c1ccc2c(c1)N(c1ccccc1)c1cc(c3ccc4cc(C(C)(C)C)cc5ccc1c3c54)N(c1ccccc1)c1cc(-c3ccccc3C)ccc1C2. The molecule has 0 aromatic heterocycles. The van der Waals surface area contributed by atoms with Crippen LogP contribution < -0.4 is 9.80 Å². The van der Waals surface area contributed by atoms with Gasteiger partial charge in [-0.15, -0.1) is 0 Å². The molecule has 0 unspecified atom stereocenters. The van der Waals surface area contributed by atoms with E-state index in [0.29, 0.717) is 0 Å². The summed E-state index contributed by atoms with van der Waals surface area (Å²) in [5.74, 6) is 0. The van der Waals surface area contributed by atoms with Crippen LogP contribution in [-0.4, -0.2) is 0 Å². The predicted molar refractivity (Wildman–Crippen MR) is 261 cm³/mol. The zero-order valence-electron chi connectivity index (χ0n) is 35.5. The van der Waals surface area contributed by atoms with Crippen molar-refractivity contribution in [2.45, 2.75) is 46.5 Å². The number of rotatable bonds is 4. The summed E-state index contributed by atoms with van der Waals surface area (Å²) < 4.78 is 0. The molecule has 0 atom stereocenters. The second-order valence-corrected chi connectivity index (χ2v) is 17.9. The molecular formula is C59H48N2. The lowest BCUT2D eigenvalue weighted by atomic mass is 9.83. The van der Waals surface area contributed by atoms with Gasteiger partial charge in [0.1, 0.15) is 0 Å². The van der Waals surface area contributed by atoms with Crippen molar-refractivity contribution in [2.24, 2.45) is 0 Å². The van der Waals surface area contributed by atoms with Crippen LogP contribution in [0.3, 0.4) is 0 Å². The fourth-order valence-corrected chi connectivity index (χ4v) is 9.83. The molecule has 1 aliphatic rings. The first-order chi connectivity index (χ1) is 29.7. The summed E-state index contributed by atoms with van der Waals surface area (Å²) in [6, 6.07) is 70.6. The maximum atomic E-state index is 2.54. The third kappa shape index (κ3) is 6.17. The fraction of sp³-hybridized carbons (Fsp3) is 0.119. The Morgan fingerprint density at radius 3 is 1.28 bits per heavy atom. The number of fused-ring (bicyclic) bond motifs is 6. The van der Waals surface area contributed by atoms with Crippen molar-refractivity contribution in [1.82, 2.24) is 0 Å². The van der Waals surface area contributed by atoms with E-state index in [9.17, 15) is 0 Å². The Bertz CT molecular complexity index is 3080. The van der Waals surface area contributed by atoms with Gasteiger partial charge in [-0.05, 0) is 128 Å². The van der Waals surface area contributed by atoms with Crippen LogP contribution in [0.25, 0.3) is 54.6 Å².